The molecule has 0 bridgehead atoms. The van der Waals surface area contributed by atoms with Gasteiger partial charge in [-0.3, -0.25) is 0 Å². The Kier molecular flexibility index (Phi) is 4.37. The smallest absolute Gasteiger partial charge is 0.272 e. The first-order valence-electron chi connectivity index (χ1n) is 6.21. The fourth-order valence-electron chi connectivity index (χ4n) is 2.06. The van der Waals surface area contributed by atoms with Gasteiger partial charge in [0.2, 0.25) is 0 Å². The second-order valence-corrected chi connectivity index (χ2v) is 4.61. The van der Waals surface area contributed by atoms with E-state index >= 15 is 0 Å². The third-order valence-corrected chi connectivity index (χ3v) is 3.05. The predicted octanol–water partition coefficient (Wildman–Crippen LogP) is 2.82. The van der Waals surface area contributed by atoms with Gasteiger partial charge in [-0.15, -0.1) is 0 Å². The minimum Gasteiger partial charge on any atom is -0.487 e. The zero-order valence-corrected chi connectivity index (χ0v) is 11.1. The summed E-state index contributed by atoms with van der Waals surface area (Å²) in [6, 6.07) is 5.66. The van der Waals surface area contributed by atoms with Crippen molar-refractivity contribution >= 4 is 0 Å². The van der Waals surface area contributed by atoms with Crippen molar-refractivity contribution in [3.8, 4) is 5.75 Å². The highest BCUT2D eigenvalue weighted by Crippen LogP contribution is 2.21. The van der Waals surface area contributed by atoms with Crippen molar-refractivity contribution in [2.45, 2.75) is 19.9 Å². The predicted molar refractivity (Wildman–Crippen MR) is 70.0 cm³/mol. The molecule has 0 N–H and O–H groups in total. The molecule has 104 valence electrons. The molecule has 1 heterocycles. The third kappa shape index (κ3) is 3.67. The number of nitrogens with zero attached hydrogens (tertiary/aromatic N) is 2. The van der Waals surface area contributed by atoms with Gasteiger partial charge in [0.15, 0.2) is 0 Å². The van der Waals surface area contributed by atoms with Gasteiger partial charge in [-0.1, -0.05) is 18.2 Å². The zero-order chi connectivity index (χ0) is 13.8. The lowest BCUT2D eigenvalue weighted by Crippen LogP contribution is -2.31. The van der Waals surface area contributed by atoms with Crippen molar-refractivity contribution in [3.05, 3.63) is 41.6 Å². The second kappa shape index (κ2) is 6.02. The summed E-state index contributed by atoms with van der Waals surface area (Å²) < 4.78 is 29.3. The number of hydrogen-bond donors (Lipinski definition) is 0. The quantitative estimate of drug-likeness (QED) is 0.816. The molecule has 0 spiro atoms. The van der Waals surface area contributed by atoms with Crippen LogP contribution in [0.3, 0.4) is 0 Å². The van der Waals surface area contributed by atoms with Crippen LogP contribution in [0.15, 0.2) is 30.5 Å². The van der Waals surface area contributed by atoms with E-state index in [-0.39, 0.29) is 0 Å². The highest BCUT2D eigenvalue weighted by molar-refractivity contribution is 5.36. The van der Waals surface area contributed by atoms with Gasteiger partial charge >= 0.3 is 0 Å². The van der Waals surface area contributed by atoms with E-state index in [1.807, 2.05) is 37.3 Å². The molecule has 0 saturated heterocycles. The van der Waals surface area contributed by atoms with E-state index in [1.54, 1.807) is 6.07 Å². The van der Waals surface area contributed by atoms with E-state index in [0.29, 0.717) is 5.75 Å². The van der Waals surface area contributed by atoms with Crippen LogP contribution in [-0.4, -0.2) is 36.6 Å². The number of rotatable bonds is 5. The molecule has 0 saturated carbocycles. The highest BCUT2D eigenvalue weighted by atomic mass is 19.3. The molecule has 0 fully saturated rings. The van der Waals surface area contributed by atoms with Crippen LogP contribution in [0.1, 0.15) is 11.1 Å². The standard InChI is InChI=1S/C14H18F2N2O/c1-11-8-12(9-18-7-3-6-17(18)2)4-5-13(11)19-10-14(15)16/h3-6,8,14H,7,9-10H2,1-2H3. The van der Waals surface area contributed by atoms with Gasteiger partial charge < -0.3 is 9.75 Å². The van der Waals surface area contributed by atoms with Gasteiger partial charge in [-0.25, -0.2) is 13.8 Å². The lowest BCUT2D eigenvalue weighted by atomic mass is 10.1. The first-order chi connectivity index (χ1) is 9.06. The Labute approximate surface area is 112 Å². The van der Waals surface area contributed by atoms with Crippen LogP contribution >= 0.6 is 0 Å². The number of alkyl halides is 2. The maximum Gasteiger partial charge on any atom is 0.272 e. The zero-order valence-electron chi connectivity index (χ0n) is 11.1. The number of halogens is 2. The van der Waals surface area contributed by atoms with E-state index in [2.05, 4.69) is 11.1 Å². The van der Waals surface area contributed by atoms with Crippen LogP contribution in [-0.2, 0) is 6.54 Å². The lowest BCUT2D eigenvalue weighted by molar-refractivity contribution is 0.0709. The molecule has 3 nitrogen and oxygen atoms in total. The molecule has 0 radical (unpaired) electrons. The molecule has 5 heteroatoms. The van der Waals surface area contributed by atoms with Crippen LogP contribution in [0, 0.1) is 6.92 Å². The first-order valence-corrected chi connectivity index (χ1v) is 6.21. The Morgan fingerprint density at radius 2 is 2.16 bits per heavy atom. The number of benzene rings is 1. The van der Waals surface area contributed by atoms with Crippen LogP contribution < -0.4 is 4.74 Å². The molecule has 0 aromatic heterocycles. The van der Waals surface area contributed by atoms with Crippen molar-refractivity contribution in [3.63, 3.8) is 0 Å². The molecule has 19 heavy (non-hydrogen) atoms. The van der Waals surface area contributed by atoms with Gasteiger partial charge in [-0.2, -0.15) is 0 Å². The van der Waals surface area contributed by atoms with Crippen molar-refractivity contribution < 1.29 is 13.5 Å². The SMILES string of the molecule is Cc1cc(CN2CC=CN2C)ccc1OCC(F)F. The fraction of sp³-hybridized carbons (Fsp3) is 0.429. The van der Waals surface area contributed by atoms with E-state index in [0.717, 1.165) is 24.2 Å². The summed E-state index contributed by atoms with van der Waals surface area (Å²) in [5.41, 5.74) is 2.02. The minimum absolute atomic E-state index is 0.525. The van der Waals surface area contributed by atoms with Crippen molar-refractivity contribution in [2.75, 3.05) is 20.2 Å². The molecule has 1 aromatic rings. The maximum atomic E-state index is 12.1. The lowest BCUT2D eigenvalue weighted by Gasteiger charge is -2.25. The van der Waals surface area contributed by atoms with Crippen LogP contribution in [0.25, 0.3) is 0 Å². The average molecular weight is 268 g/mol. The maximum absolute atomic E-state index is 12.1. The fourth-order valence-corrected chi connectivity index (χ4v) is 2.06. The Morgan fingerprint density at radius 3 is 2.74 bits per heavy atom. The molecule has 0 unspecified atom stereocenters. The molecular weight excluding hydrogens is 250 g/mol. The van der Waals surface area contributed by atoms with E-state index in [1.165, 1.54) is 0 Å². The van der Waals surface area contributed by atoms with Gasteiger partial charge in [-0.05, 0) is 24.1 Å². The molecule has 1 aliphatic heterocycles. The van der Waals surface area contributed by atoms with Crippen LogP contribution in [0.2, 0.25) is 0 Å². The van der Waals surface area contributed by atoms with Gasteiger partial charge in [0.1, 0.15) is 12.4 Å². The average Bonchev–Trinajstić information content (AvgIpc) is 2.74. The summed E-state index contributed by atoms with van der Waals surface area (Å²) in [7, 11) is 2.00. The van der Waals surface area contributed by atoms with Crippen molar-refractivity contribution in [1.82, 2.24) is 10.0 Å². The Hall–Kier alpha value is -1.62. The van der Waals surface area contributed by atoms with Crippen molar-refractivity contribution in [1.29, 1.82) is 0 Å². The van der Waals surface area contributed by atoms with Crippen LogP contribution in [0.4, 0.5) is 8.78 Å². The molecule has 1 aliphatic rings. The highest BCUT2D eigenvalue weighted by Gasteiger charge is 2.13. The summed E-state index contributed by atoms with van der Waals surface area (Å²) in [6.07, 6.45) is 1.67. The number of ether oxygens (including phenoxy) is 1. The number of aryl methyl sites for hydroxylation is 1. The van der Waals surface area contributed by atoms with Gasteiger partial charge in [0, 0.05) is 26.3 Å². The number of hydrogen-bond acceptors (Lipinski definition) is 3. The second-order valence-electron chi connectivity index (χ2n) is 4.61. The molecule has 1 aromatic carbocycles. The molecule has 0 amide bonds. The van der Waals surface area contributed by atoms with E-state index in [9.17, 15) is 8.78 Å². The molecule has 0 atom stereocenters. The molecule has 2 rings (SSSR count). The first kappa shape index (κ1) is 13.8. The van der Waals surface area contributed by atoms with E-state index < -0.39 is 13.0 Å². The van der Waals surface area contributed by atoms with Crippen LogP contribution in [0.5, 0.6) is 5.75 Å². The Morgan fingerprint density at radius 1 is 1.37 bits per heavy atom. The summed E-state index contributed by atoms with van der Waals surface area (Å²) in [6.45, 7) is 2.99. The van der Waals surface area contributed by atoms with E-state index in [4.69, 9.17) is 4.74 Å². The topological polar surface area (TPSA) is 15.7 Å². The Balaban J connectivity index is 1.98. The summed E-state index contributed by atoms with van der Waals surface area (Å²) >= 11 is 0. The normalized spacial score (nSPS) is 15.5. The Bertz CT molecular complexity index is 463. The van der Waals surface area contributed by atoms with Crippen molar-refractivity contribution in [2.24, 2.45) is 0 Å². The summed E-state index contributed by atoms with van der Waals surface area (Å²) in [4.78, 5) is 0. The van der Waals surface area contributed by atoms with Gasteiger partial charge in [0.25, 0.3) is 6.43 Å². The minimum atomic E-state index is -2.44. The monoisotopic (exact) mass is 268 g/mol. The summed E-state index contributed by atoms with van der Waals surface area (Å²) in [5.74, 6) is 0.525. The molecular formula is C14H18F2N2O. The number of hydrazine groups is 1. The molecule has 0 aliphatic carbocycles. The van der Waals surface area contributed by atoms with Gasteiger partial charge in [0.05, 0.1) is 0 Å². The summed E-state index contributed by atoms with van der Waals surface area (Å²) in [5, 5.41) is 4.21. The third-order valence-electron chi connectivity index (χ3n) is 3.05. The largest absolute Gasteiger partial charge is 0.487 e.